The van der Waals surface area contributed by atoms with Crippen LogP contribution in [0.4, 0.5) is 0 Å². The molecule has 6 heteroatoms. The molecule has 0 saturated carbocycles. The van der Waals surface area contributed by atoms with Crippen LogP contribution in [0.25, 0.3) is 0 Å². The average molecular weight is 467 g/mol. The summed E-state index contributed by atoms with van der Waals surface area (Å²) in [6, 6.07) is 0. The summed E-state index contributed by atoms with van der Waals surface area (Å²) < 4.78 is 18.0. The Morgan fingerprint density at radius 3 is 2.61 bits per heavy atom. The van der Waals surface area contributed by atoms with E-state index in [9.17, 15) is 15.0 Å². The lowest BCUT2D eigenvalue weighted by molar-refractivity contribution is -0.327. The molecule has 0 radical (unpaired) electrons. The number of ether oxygens (including phenoxy) is 3. The molecular weight excluding hydrogens is 420 g/mol. The second-order valence-corrected chi connectivity index (χ2v) is 10.6. The van der Waals surface area contributed by atoms with Gasteiger partial charge in [0.05, 0.1) is 11.7 Å². The number of hydrogen-bond acceptors (Lipinski definition) is 6. The highest BCUT2D eigenvalue weighted by Gasteiger charge is 2.49. The predicted molar refractivity (Wildman–Crippen MR) is 130 cm³/mol. The Balaban J connectivity index is 2.19. The van der Waals surface area contributed by atoms with Crippen molar-refractivity contribution in [1.29, 1.82) is 0 Å². The van der Waals surface area contributed by atoms with E-state index in [1.54, 1.807) is 6.92 Å². The van der Waals surface area contributed by atoms with Gasteiger partial charge in [-0.1, -0.05) is 43.6 Å². The third-order valence-corrected chi connectivity index (χ3v) is 7.34. The molecule has 0 aromatic carbocycles. The summed E-state index contributed by atoms with van der Waals surface area (Å²) in [6.07, 6.45) is 5.16. The van der Waals surface area contributed by atoms with Crippen LogP contribution in [0.3, 0.4) is 0 Å². The summed E-state index contributed by atoms with van der Waals surface area (Å²) in [5, 5.41) is 21.7. The quantitative estimate of drug-likeness (QED) is 0.345. The van der Waals surface area contributed by atoms with Gasteiger partial charge in [-0.15, -0.1) is 0 Å². The Bertz CT molecular complexity index is 697. The third kappa shape index (κ3) is 7.91. The summed E-state index contributed by atoms with van der Waals surface area (Å²) in [6.45, 7) is 14.1. The van der Waals surface area contributed by atoms with E-state index >= 15 is 0 Å². The first-order valence-corrected chi connectivity index (χ1v) is 12.6. The Morgan fingerprint density at radius 1 is 1.33 bits per heavy atom. The minimum absolute atomic E-state index is 0.178. The normalized spacial score (nSPS) is 32.9. The van der Waals surface area contributed by atoms with Crippen LogP contribution < -0.4 is 0 Å². The lowest BCUT2D eigenvalue weighted by atomic mass is 9.76. The Labute approximate surface area is 200 Å². The van der Waals surface area contributed by atoms with E-state index in [1.807, 2.05) is 13.8 Å². The van der Waals surface area contributed by atoms with Crippen LogP contribution in [0, 0.1) is 11.8 Å². The molecule has 8 unspecified atom stereocenters. The molecule has 0 bridgehead atoms. The van der Waals surface area contributed by atoms with Crippen molar-refractivity contribution >= 4 is 5.97 Å². The highest BCUT2D eigenvalue weighted by atomic mass is 16.7. The van der Waals surface area contributed by atoms with Gasteiger partial charge >= 0.3 is 5.97 Å². The molecule has 0 aromatic heterocycles. The lowest BCUT2D eigenvalue weighted by Gasteiger charge is -2.47. The molecule has 6 nitrogen and oxygen atoms in total. The topological polar surface area (TPSA) is 85.2 Å². The van der Waals surface area contributed by atoms with Gasteiger partial charge in [0, 0.05) is 6.42 Å². The first-order valence-electron chi connectivity index (χ1n) is 12.6. The summed E-state index contributed by atoms with van der Waals surface area (Å²) in [7, 11) is 0. The molecule has 2 N–H and O–H groups in total. The maximum atomic E-state index is 12.4. The first-order chi connectivity index (χ1) is 15.5. The van der Waals surface area contributed by atoms with Crippen molar-refractivity contribution in [3.8, 4) is 0 Å². The minimum atomic E-state index is -1.26. The van der Waals surface area contributed by atoms with Crippen LogP contribution in [-0.2, 0) is 19.0 Å². The van der Waals surface area contributed by atoms with E-state index in [-0.39, 0.29) is 18.3 Å². The van der Waals surface area contributed by atoms with Gasteiger partial charge in [-0.2, -0.15) is 0 Å². The van der Waals surface area contributed by atoms with E-state index in [0.717, 1.165) is 38.5 Å². The van der Waals surface area contributed by atoms with Gasteiger partial charge in [-0.25, -0.2) is 0 Å². The van der Waals surface area contributed by atoms with E-state index < -0.39 is 42.3 Å². The van der Waals surface area contributed by atoms with Crippen LogP contribution in [0.5, 0.6) is 0 Å². The number of allylic oxidation sites excluding steroid dienone is 4. The SMILES string of the molecule is CCC(C)CC(=O)OC1C(O)C(C)OC(OC(C)(CCC=C(C)C)C2CC=C(C)CC2)C1O. The molecule has 2 aliphatic rings. The Morgan fingerprint density at radius 2 is 2.03 bits per heavy atom. The van der Waals surface area contributed by atoms with Gasteiger partial charge in [0.25, 0.3) is 0 Å². The zero-order chi connectivity index (χ0) is 24.8. The Kier molecular flexibility index (Phi) is 10.6. The number of esters is 1. The van der Waals surface area contributed by atoms with Crippen LogP contribution in [0.15, 0.2) is 23.3 Å². The van der Waals surface area contributed by atoms with Gasteiger partial charge in [0.1, 0.15) is 12.2 Å². The monoisotopic (exact) mass is 466 g/mol. The van der Waals surface area contributed by atoms with Gasteiger partial charge in [0.15, 0.2) is 12.4 Å². The van der Waals surface area contributed by atoms with Gasteiger partial charge < -0.3 is 24.4 Å². The number of hydrogen-bond donors (Lipinski definition) is 2. The third-order valence-electron chi connectivity index (χ3n) is 7.34. The van der Waals surface area contributed by atoms with Crippen molar-refractivity contribution in [2.24, 2.45) is 11.8 Å². The summed E-state index contributed by atoms with van der Waals surface area (Å²) in [4.78, 5) is 12.4. The van der Waals surface area contributed by atoms with Crippen molar-refractivity contribution in [2.45, 2.75) is 130 Å². The number of carbonyl (C=O) groups excluding carboxylic acids is 1. The van der Waals surface area contributed by atoms with Gasteiger partial charge in [-0.05, 0) is 78.6 Å². The molecule has 0 aromatic rings. The highest BCUT2D eigenvalue weighted by molar-refractivity contribution is 5.70. The smallest absolute Gasteiger partial charge is 0.306 e. The molecule has 1 saturated heterocycles. The van der Waals surface area contributed by atoms with Gasteiger partial charge in [-0.3, -0.25) is 4.79 Å². The van der Waals surface area contributed by atoms with Crippen LogP contribution >= 0.6 is 0 Å². The second kappa shape index (κ2) is 12.5. The summed E-state index contributed by atoms with van der Waals surface area (Å²) >= 11 is 0. The molecule has 0 spiro atoms. The van der Waals surface area contributed by atoms with Gasteiger partial charge in [0.2, 0.25) is 0 Å². The summed E-state index contributed by atoms with van der Waals surface area (Å²) in [5.74, 6) is 0.0490. The number of carbonyl (C=O) groups is 1. The molecule has 1 fully saturated rings. The fourth-order valence-corrected chi connectivity index (χ4v) is 4.65. The number of aliphatic hydroxyl groups excluding tert-OH is 2. The predicted octanol–water partition coefficient (Wildman–Crippen LogP) is 5.07. The van der Waals surface area contributed by atoms with Crippen molar-refractivity contribution in [2.75, 3.05) is 0 Å². The van der Waals surface area contributed by atoms with E-state index in [2.05, 4.69) is 39.8 Å². The first kappa shape index (κ1) is 28.0. The average Bonchev–Trinajstić information content (AvgIpc) is 2.75. The lowest BCUT2D eigenvalue weighted by Crippen LogP contribution is -2.61. The zero-order valence-corrected chi connectivity index (χ0v) is 21.7. The van der Waals surface area contributed by atoms with Crippen molar-refractivity contribution < 1.29 is 29.2 Å². The summed E-state index contributed by atoms with van der Waals surface area (Å²) in [5.41, 5.74) is 2.13. The van der Waals surface area contributed by atoms with Crippen LogP contribution in [0.2, 0.25) is 0 Å². The van der Waals surface area contributed by atoms with Crippen molar-refractivity contribution in [3.05, 3.63) is 23.3 Å². The highest BCUT2D eigenvalue weighted by Crippen LogP contribution is 2.40. The maximum Gasteiger partial charge on any atom is 0.306 e. The standard InChI is InChI=1S/C27H46O6/c1-8-18(4)16-22(28)32-25-23(29)20(6)31-26(24(25)30)33-27(7,15-9-10-17(2)3)21-13-11-19(5)12-14-21/h10-11,18,20-21,23-26,29-30H,8-9,12-16H2,1-7H3. The zero-order valence-electron chi connectivity index (χ0n) is 21.7. The van der Waals surface area contributed by atoms with Crippen LogP contribution in [-0.4, -0.2) is 52.5 Å². The molecule has 1 aliphatic carbocycles. The van der Waals surface area contributed by atoms with E-state index in [4.69, 9.17) is 14.2 Å². The maximum absolute atomic E-state index is 12.4. The van der Waals surface area contributed by atoms with Crippen molar-refractivity contribution in [3.63, 3.8) is 0 Å². The molecule has 1 aliphatic heterocycles. The molecule has 8 atom stereocenters. The number of aliphatic hydroxyl groups is 2. The van der Waals surface area contributed by atoms with Crippen molar-refractivity contribution in [1.82, 2.24) is 0 Å². The van der Waals surface area contributed by atoms with E-state index in [0.29, 0.717) is 0 Å². The molecule has 0 amide bonds. The fraction of sp³-hybridized carbons (Fsp3) is 0.815. The molecular formula is C27H46O6. The molecule has 190 valence electrons. The minimum Gasteiger partial charge on any atom is -0.456 e. The van der Waals surface area contributed by atoms with Crippen LogP contribution in [0.1, 0.15) is 93.4 Å². The largest absolute Gasteiger partial charge is 0.456 e. The molecule has 2 rings (SSSR count). The number of rotatable bonds is 10. The van der Waals surface area contributed by atoms with E-state index in [1.165, 1.54) is 11.1 Å². The molecule has 1 heterocycles. The Hall–Kier alpha value is -1.21. The molecule has 33 heavy (non-hydrogen) atoms. The fourth-order valence-electron chi connectivity index (χ4n) is 4.65. The second-order valence-electron chi connectivity index (χ2n) is 10.6.